The molecule has 0 fully saturated rings. The molecule has 0 aliphatic heterocycles. The van der Waals surface area contributed by atoms with Gasteiger partial charge in [0.25, 0.3) is 0 Å². The van der Waals surface area contributed by atoms with Crippen molar-refractivity contribution in [1.29, 1.82) is 0 Å². The molecule has 0 bridgehead atoms. The highest BCUT2D eigenvalue weighted by Gasteiger charge is 2.18. The molecule has 4 atom stereocenters. The van der Waals surface area contributed by atoms with Gasteiger partial charge in [0.2, 0.25) is 6.41 Å². The molecule has 0 saturated carbocycles. The second kappa shape index (κ2) is 17.9. The highest BCUT2D eigenvalue weighted by molar-refractivity contribution is 5.75. The summed E-state index contributed by atoms with van der Waals surface area (Å²) in [5.41, 5.74) is 4.22. The molecule has 4 unspecified atom stereocenters. The number of hydrogen-bond acceptors (Lipinski definition) is 10. The topological polar surface area (TPSA) is 165 Å². The molecular formula is C37H46N4O7. The minimum absolute atomic E-state index is 0.0174. The Balaban J connectivity index is 1.43. The molecule has 4 rings (SSSR count). The lowest BCUT2D eigenvalue weighted by molar-refractivity contribution is -0.105. The van der Waals surface area contributed by atoms with Crippen molar-refractivity contribution in [2.24, 2.45) is 0 Å². The fraction of sp³-hybridized carbons (Fsp3) is 0.324. The summed E-state index contributed by atoms with van der Waals surface area (Å²) >= 11 is 0. The standard InChI is InChI=1S/C37H46N4O7/c1-24(16-25-4-10-30(47-2)11-5-25)38-21-29(17-27-8-14-34(43)32(18-27)40-23-42)41-33-20-28(9-15-35(33)44)36(45)22-39-37(46)19-26-6-12-31(48-3)13-7-26/h4-15,18,20,23-24,29,36-39,41,43-46H,16-17,19,21-22H2,1-3H3,(H,40,42). The maximum Gasteiger partial charge on any atom is 0.211 e. The Labute approximate surface area is 281 Å². The quantitative estimate of drug-likeness (QED) is 0.0418. The van der Waals surface area contributed by atoms with E-state index in [9.17, 15) is 25.2 Å². The van der Waals surface area contributed by atoms with E-state index in [4.69, 9.17) is 9.47 Å². The minimum Gasteiger partial charge on any atom is -0.506 e. The number of hydrogen-bond donors (Lipinski definition) is 8. The van der Waals surface area contributed by atoms with Crippen LogP contribution < -0.4 is 30.7 Å². The van der Waals surface area contributed by atoms with Crippen molar-refractivity contribution in [1.82, 2.24) is 10.6 Å². The van der Waals surface area contributed by atoms with Gasteiger partial charge in [0, 0.05) is 31.6 Å². The largest absolute Gasteiger partial charge is 0.506 e. The van der Waals surface area contributed by atoms with Crippen LogP contribution in [0.5, 0.6) is 23.0 Å². The van der Waals surface area contributed by atoms with Crippen molar-refractivity contribution in [3.63, 3.8) is 0 Å². The number of anilines is 2. The number of methoxy groups -OCH3 is 2. The van der Waals surface area contributed by atoms with Gasteiger partial charge in [-0.15, -0.1) is 0 Å². The van der Waals surface area contributed by atoms with Crippen molar-refractivity contribution in [2.75, 3.05) is 37.9 Å². The summed E-state index contributed by atoms with van der Waals surface area (Å²) in [6.07, 6.45) is 0.313. The zero-order valence-electron chi connectivity index (χ0n) is 27.5. The number of aromatic hydroxyl groups is 2. The number of carbonyl (C=O) groups excluding carboxylic acids is 1. The fourth-order valence-corrected chi connectivity index (χ4v) is 5.40. The van der Waals surface area contributed by atoms with Gasteiger partial charge in [-0.3, -0.25) is 10.1 Å². The van der Waals surface area contributed by atoms with Gasteiger partial charge in [-0.2, -0.15) is 0 Å². The Morgan fingerprint density at radius 2 is 1.27 bits per heavy atom. The van der Waals surface area contributed by atoms with Crippen LogP contribution in [-0.4, -0.2) is 72.5 Å². The Bertz CT molecular complexity index is 1580. The van der Waals surface area contributed by atoms with E-state index in [2.05, 4.69) is 28.2 Å². The normalized spacial score (nSPS) is 13.6. The van der Waals surface area contributed by atoms with Crippen molar-refractivity contribution in [2.45, 2.75) is 50.6 Å². The van der Waals surface area contributed by atoms with E-state index in [1.165, 1.54) is 12.1 Å². The predicted octanol–water partition coefficient (Wildman–Crippen LogP) is 4.11. The molecule has 11 nitrogen and oxygen atoms in total. The SMILES string of the molecule is COc1ccc(CC(C)NCC(Cc2ccc(O)c(NC=O)c2)Nc2cc(C(O)CNC(O)Cc3ccc(OC)cc3)ccc2O)cc1. The second-order valence-corrected chi connectivity index (χ2v) is 11.8. The lowest BCUT2D eigenvalue weighted by atomic mass is 10.0. The van der Waals surface area contributed by atoms with Crippen LogP contribution >= 0.6 is 0 Å². The first kappa shape index (κ1) is 36.0. The molecule has 0 saturated heterocycles. The summed E-state index contributed by atoms with van der Waals surface area (Å²) in [5, 5.41) is 54.9. The maximum atomic E-state index is 11.1. The number of nitrogens with one attached hydrogen (secondary N) is 4. The smallest absolute Gasteiger partial charge is 0.211 e. The summed E-state index contributed by atoms with van der Waals surface area (Å²) in [5.74, 6) is 1.51. The van der Waals surface area contributed by atoms with Crippen LogP contribution in [0.2, 0.25) is 0 Å². The van der Waals surface area contributed by atoms with Gasteiger partial charge in [-0.1, -0.05) is 36.4 Å². The number of ether oxygens (including phenoxy) is 2. The molecule has 4 aromatic rings. The Morgan fingerprint density at radius 1 is 0.688 bits per heavy atom. The summed E-state index contributed by atoms with van der Waals surface area (Å²) in [6, 6.07) is 25.1. The van der Waals surface area contributed by atoms with Gasteiger partial charge in [0.05, 0.1) is 31.7 Å². The number of aliphatic hydroxyl groups is 2. The van der Waals surface area contributed by atoms with Crippen molar-refractivity contribution in [3.05, 3.63) is 107 Å². The zero-order chi connectivity index (χ0) is 34.5. The molecule has 8 N–H and O–H groups in total. The zero-order valence-corrected chi connectivity index (χ0v) is 27.5. The number of phenols is 2. The molecule has 48 heavy (non-hydrogen) atoms. The molecule has 0 radical (unpaired) electrons. The average molecular weight is 659 g/mol. The molecule has 1 amide bonds. The first-order valence-corrected chi connectivity index (χ1v) is 15.9. The lowest BCUT2D eigenvalue weighted by Crippen LogP contribution is -2.39. The molecule has 0 heterocycles. The maximum absolute atomic E-state index is 11.1. The van der Waals surface area contributed by atoms with E-state index >= 15 is 0 Å². The Hall–Kier alpha value is -4.81. The molecule has 11 heteroatoms. The van der Waals surface area contributed by atoms with Crippen molar-refractivity contribution >= 4 is 17.8 Å². The molecule has 256 valence electrons. The highest BCUT2D eigenvalue weighted by Crippen LogP contribution is 2.29. The van der Waals surface area contributed by atoms with E-state index in [1.807, 2.05) is 48.5 Å². The van der Waals surface area contributed by atoms with E-state index in [0.29, 0.717) is 42.7 Å². The van der Waals surface area contributed by atoms with Gasteiger partial charge in [0.15, 0.2) is 0 Å². The third kappa shape index (κ3) is 10.9. The van der Waals surface area contributed by atoms with Gasteiger partial charge in [-0.25, -0.2) is 0 Å². The number of carbonyl (C=O) groups is 1. The Morgan fingerprint density at radius 3 is 1.90 bits per heavy atom. The monoisotopic (exact) mass is 658 g/mol. The number of amides is 1. The first-order chi connectivity index (χ1) is 23.2. The molecule has 0 aliphatic rings. The lowest BCUT2D eigenvalue weighted by Gasteiger charge is -2.25. The van der Waals surface area contributed by atoms with Crippen LogP contribution in [-0.2, 0) is 24.1 Å². The van der Waals surface area contributed by atoms with E-state index in [0.717, 1.165) is 34.6 Å². The van der Waals surface area contributed by atoms with Crippen LogP contribution in [0.3, 0.4) is 0 Å². The molecule has 4 aromatic carbocycles. The fourth-order valence-electron chi connectivity index (χ4n) is 5.40. The summed E-state index contributed by atoms with van der Waals surface area (Å²) < 4.78 is 10.4. The summed E-state index contributed by atoms with van der Waals surface area (Å²) in [7, 11) is 3.24. The Kier molecular flexibility index (Phi) is 13.5. The van der Waals surface area contributed by atoms with Crippen LogP contribution in [0.25, 0.3) is 0 Å². The predicted molar refractivity (Wildman–Crippen MR) is 187 cm³/mol. The third-order valence-corrected chi connectivity index (χ3v) is 8.07. The van der Waals surface area contributed by atoms with E-state index in [1.54, 1.807) is 38.5 Å². The average Bonchev–Trinajstić information content (AvgIpc) is 3.09. The number of phenolic OH excluding ortho intramolecular Hbond substituents is 2. The number of rotatable bonds is 19. The molecule has 0 aliphatic carbocycles. The first-order valence-electron chi connectivity index (χ1n) is 15.9. The van der Waals surface area contributed by atoms with Gasteiger partial charge in [-0.05, 0) is 90.6 Å². The minimum atomic E-state index is -0.952. The highest BCUT2D eigenvalue weighted by atomic mass is 16.5. The van der Waals surface area contributed by atoms with Gasteiger partial charge in [0.1, 0.15) is 29.2 Å². The van der Waals surface area contributed by atoms with Crippen LogP contribution in [0, 0.1) is 0 Å². The molecule has 0 spiro atoms. The number of benzene rings is 4. The van der Waals surface area contributed by atoms with Gasteiger partial charge < -0.3 is 45.9 Å². The molecule has 0 aromatic heterocycles. The van der Waals surface area contributed by atoms with E-state index in [-0.39, 0.29) is 30.1 Å². The second-order valence-electron chi connectivity index (χ2n) is 11.8. The summed E-state index contributed by atoms with van der Waals surface area (Å²) in [6.45, 7) is 2.70. The third-order valence-electron chi connectivity index (χ3n) is 8.07. The summed E-state index contributed by atoms with van der Waals surface area (Å²) in [4.78, 5) is 11.1. The van der Waals surface area contributed by atoms with Gasteiger partial charge >= 0.3 is 0 Å². The van der Waals surface area contributed by atoms with Crippen LogP contribution in [0.1, 0.15) is 35.3 Å². The van der Waals surface area contributed by atoms with Crippen LogP contribution in [0.4, 0.5) is 11.4 Å². The number of aliphatic hydroxyl groups excluding tert-OH is 2. The van der Waals surface area contributed by atoms with Crippen LogP contribution in [0.15, 0.2) is 84.9 Å². The van der Waals surface area contributed by atoms with Crippen molar-refractivity contribution < 1.29 is 34.7 Å². The van der Waals surface area contributed by atoms with Crippen molar-refractivity contribution in [3.8, 4) is 23.0 Å². The van der Waals surface area contributed by atoms with E-state index < -0.39 is 12.3 Å². The molecular weight excluding hydrogens is 612 g/mol.